The van der Waals surface area contributed by atoms with Gasteiger partial charge in [-0.25, -0.2) is 9.69 Å². The molecule has 58 heavy (non-hydrogen) atoms. The Balaban J connectivity index is 1.34. The Morgan fingerprint density at radius 3 is 1.78 bits per heavy atom. The molecule has 0 fully saturated rings. The molecule has 0 aliphatic heterocycles. The van der Waals surface area contributed by atoms with Crippen molar-refractivity contribution in [3.63, 3.8) is 0 Å². The predicted octanol–water partition coefficient (Wildman–Crippen LogP) is 15.3. The van der Waals surface area contributed by atoms with Gasteiger partial charge in [-0.2, -0.15) is 0 Å². The lowest BCUT2D eigenvalue weighted by molar-refractivity contribution is 0.660. The molecule has 0 atom stereocenters. The zero-order valence-electron chi connectivity index (χ0n) is 33.2. The lowest BCUT2D eigenvalue weighted by atomic mass is 9.82. The molecule has 2 heteroatoms. The van der Waals surface area contributed by atoms with Crippen LogP contribution in [0, 0.1) is 0 Å². The SMILES string of the molecule is C=C(/C=C\C)c1ccc(N(c2ccc3c(c2)C(C)(C)c2ccccc2-3)n2c3ccc(-c4ccccc4)cc3c3c(-c4ccccc4)ccc(-c4ccccc4)c32)cc1. The van der Waals surface area contributed by atoms with Crippen molar-refractivity contribution in [2.24, 2.45) is 0 Å². The number of aromatic nitrogens is 1. The van der Waals surface area contributed by atoms with Crippen LogP contribution in [0.2, 0.25) is 0 Å². The Labute approximate surface area is 341 Å². The smallest absolute Gasteiger partial charge is 0.0800 e. The van der Waals surface area contributed by atoms with Gasteiger partial charge < -0.3 is 0 Å². The van der Waals surface area contributed by atoms with Gasteiger partial charge in [-0.1, -0.05) is 184 Å². The summed E-state index contributed by atoms with van der Waals surface area (Å²) in [7, 11) is 0. The Hall–Kier alpha value is -7.16. The van der Waals surface area contributed by atoms with E-state index >= 15 is 0 Å². The lowest BCUT2D eigenvalue weighted by Gasteiger charge is -2.31. The van der Waals surface area contributed by atoms with Crippen molar-refractivity contribution in [1.82, 2.24) is 4.68 Å². The van der Waals surface area contributed by atoms with Crippen molar-refractivity contribution >= 4 is 38.8 Å². The average Bonchev–Trinajstić information content (AvgIpc) is 3.73. The highest BCUT2D eigenvalue weighted by atomic mass is 15.6. The molecule has 0 spiro atoms. The van der Waals surface area contributed by atoms with Gasteiger partial charge in [0.25, 0.3) is 0 Å². The van der Waals surface area contributed by atoms with Crippen molar-refractivity contribution in [2.45, 2.75) is 26.2 Å². The second-order valence-corrected chi connectivity index (χ2v) is 15.8. The number of allylic oxidation sites excluding steroid dienone is 3. The fourth-order valence-corrected chi connectivity index (χ4v) is 9.17. The maximum absolute atomic E-state index is 4.37. The summed E-state index contributed by atoms with van der Waals surface area (Å²) >= 11 is 0. The lowest BCUT2D eigenvalue weighted by Crippen LogP contribution is -2.25. The summed E-state index contributed by atoms with van der Waals surface area (Å²) in [6.07, 6.45) is 4.12. The fourth-order valence-electron chi connectivity index (χ4n) is 9.17. The van der Waals surface area contributed by atoms with Gasteiger partial charge in [0, 0.05) is 21.8 Å². The van der Waals surface area contributed by atoms with Gasteiger partial charge in [0.15, 0.2) is 0 Å². The number of benzene rings is 8. The van der Waals surface area contributed by atoms with Gasteiger partial charge in [-0.05, 0) is 105 Å². The highest BCUT2D eigenvalue weighted by Crippen LogP contribution is 2.51. The highest BCUT2D eigenvalue weighted by molar-refractivity contribution is 6.20. The van der Waals surface area contributed by atoms with E-state index in [1.54, 1.807) is 0 Å². The van der Waals surface area contributed by atoms with E-state index in [0.717, 1.165) is 33.5 Å². The summed E-state index contributed by atoms with van der Waals surface area (Å²) in [5, 5.41) is 4.86. The minimum atomic E-state index is -0.164. The predicted molar refractivity (Wildman–Crippen MR) is 248 cm³/mol. The molecule has 0 saturated heterocycles. The van der Waals surface area contributed by atoms with Crippen LogP contribution in [0.3, 0.4) is 0 Å². The number of rotatable bonds is 8. The summed E-state index contributed by atoms with van der Waals surface area (Å²) in [5.41, 5.74) is 18.8. The van der Waals surface area contributed by atoms with E-state index in [2.05, 4.69) is 224 Å². The molecule has 0 bridgehead atoms. The van der Waals surface area contributed by atoms with Crippen LogP contribution in [-0.2, 0) is 5.41 Å². The standard InChI is InChI=1S/C56H44N2/c1-5-17-38(2)39-26-29-44(30-27-39)57(45-31-32-49-48-24-15-16-25-51(48)56(3,4)52(49)37-45)58-53-35-28-43(40-18-9-6-10-19-40)36-50(53)54-46(41-20-11-7-12-21-41)33-34-47(55(54)58)42-22-13-8-14-23-42/h5-37H,2H2,1,3-4H3/b17-5-. The molecule has 0 saturated carbocycles. The third-order valence-corrected chi connectivity index (χ3v) is 12.0. The van der Waals surface area contributed by atoms with Crippen molar-refractivity contribution in [1.29, 1.82) is 0 Å². The maximum atomic E-state index is 4.37. The molecule has 10 rings (SSSR count). The van der Waals surface area contributed by atoms with Gasteiger partial charge in [-0.15, -0.1) is 0 Å². The van der Waals surface area contributed by atoms with Crippen molar-refractivity contribution < 1.29 is 0 Å². The molecule has 1 heterocycles. The summed E-state index contributed by atoms with van der Waals surface area (Å²) in [6, 6.07) is 68.9. The number of hydrogen-bond donors (Lipinski definition) is 0. The summed E-state index contributed by atoms with van der Waals surface area (Å²) in [4.78, 5) is 0. The van der Waals surface area contributed by atoms with Crippen molar-refractivity contribution in [3.8, 4) is 44.5 Å². The molecule has 1 aliphatic carbocycles. The molecule has 0 amide bonds. The molecular formula is C56H44N2. The fraction of sp³-hybridized carbons (Fsp3) is 0.0714. The van der Waals surface area contributed by atoms with E-state index in [1.165, 1.54) is 66.4 Å². The summed E-state index contributed by atoms with van der Waals surface area (Å²) in [6.45, 7) is 11.1. The zero-order valence-corrected chi connectivity index (χ0v) is 33.2. The van der Waals surface area contributed by atoms with Gasteiger partial charge in [0.1, 0.15) is 0 Å². The molecule has 1 aliphatic rings. The van der Waals surface area contributed by atoms with Crippen LogP contribution in [0.15, 0.2) is 207 Å². The van der Waals surface area contributed by atoms with Crippen molar-refractivity contribution in [3.05, 3.63) is 223 Å². The molecule has 0 radical (unpaired) electrons. The molecule has 1 aromatic heterocycles. The van der Waals surface area contributed by atoms with Gasteiger partial charge >= 0.3 is 0 Å². The topological polar surface area (TPSA) is 8.17 Å². The monoisotopic (exact) mass is 744 g/mol. The second kappa shape index (κ2) is 14.1. The summed E-state index contributed by atoms with van der Waals surface area (Å²) in [5.74, 6) is 0. The third kappa shape index (κ3) is 5.72. The van der Waals surface area contributed by atoms with E-state index in [1.807, 2.05) is 13.0 Å². The first-order valence-corrected chi connectivity index (χ1v) is 20.2. The molecule has 2 nitrogen and oxygen atoms in total. The number of fused-ring (bicyclic) bond motifs is 6. The Morgan fingerprint density at radius 2 is 1.09 bits per heavy atom. The Morgan fingerprint density at radius 1 is 0.517 bits per heavy atom. The van der Waals surface area contributed by atoms with Crippen molar-refractivity contribution in [2.75, 3.05) is 5.01 Å². The quantitative estimate of drug-likeness (QED) is 0.141. The molecular weight excluding hydrogens is 701 g/mol. The van der Waals surface area contributed by atoms with Crippen LogP contribution in [0.4, 0.5) is 11.4 Å². The van der Waals surface area contributed by atoms with Crippen LogP contribution >= 0.6 is 0 Å². The van der Waals surface area contributed by atoms with Gasteiger partial charge in [0.05, 0.1) is 22.4 Å². The van der Waals surface area contributed by atoms with Crippen LogP contribution in [0.1, 0.15) is 37.5 Å². The largest absolute Gasteiger partial charge is 0.249 e. The number of hydrogen-bond acceptors (Lipinski definition) is 1. The van der Waals surface area contributed by atoms with Crippen LogP contribution in [-0.4, -0.2) is 4.68 Å². The van der Waals surface area contributed by atoms with E-state index in [9.17, 15) is 0 Å². The Kier molecular flexibility index (Phi) is 8.57. The summed E-state index contributed by atoms with van der Waals surface area (Å²) < 4.78 is 2.49. The molecule has 8 aromatic carbocycles. The molecule has 9 aromatic rings. The van der Waals surface area contributed by atoms with Crippen LogP contribution in [0.25, 0.3) is 71.9 Å². The van der Waals surface area contributed by atoms with Crippen LogP contribution < -0.4 is 5.01 Å². The van der Waals surface area contributed by atoms with Crippen LogP contribution in [0.5, 0.6) is 0 Å². The second-order valence-electron chi connectivity index (χ2n) is 15.8. The first kappa shape index (κ1) is 35.3. The average molecular weight is 745 g/mol. The first-order chi connectivity index (χ1) is 28.4. The molecule has 278 valence electrons. The minimum absolute atomic E-state index is 0.164. The third-order valence-electron chi connectivity index (χ3n) is 12.0. The highest BCUT2D eigenvalue weighted by Gasteiger charge is 2.36. The van der Waals surface area contributed by atoms with E-state index in [0.29, 0.717) is 0 Å². The van der Waals surface area contributed by atoms with Gasteiger partial charge in [-0.3, -0.25) is 0 Å². The number of anilines is 2. The van der Waals surface area contributed by atoms with E-state index in [-0.39, 0.29) is 5.41 Å². The molecule has 0 unspecified atom stereocenters. The Bertz CT molecular complexity index is 3020. The minimum Gasteiger partial charge on any atom is -0.249 e. The zero-order chi connectivity index (χ0) is 39.4. The number of nitrogens with zero attached hydrogens (tertiary/aromatic N) is 2. The van der Waals surface area contributed by atoms with E-state index in [4.69, 9.17) is 0 Å². The van der Waals surface area contributed by atoms with E-state index < -0.39 is 0 Å². The van der Waals surface area contributed by atoms with Gasteiger partial charge in [0.2, 0.25) is 0 Å². The first-order valence-electron chi connectivity index (χ1n) is 20.2. The maximum Gasteiger partial charge on any atom is 0.0800 e. The normalized spacial score (nSPS) is 12.9. The molecule has 0 N–H and O–H groups in total.